The van der Waals surface area contributed by atoms with Crippen molar-refractivity contribution in [1.82, 2.24) is 9.97 Å². The van der Waals surface area contributed by atoms with Crippen molar-refractivity contribution in [1.29, 1.82) is 0 Å². The number of aromatic amines is 1. The van der Waals surface area contributed by atoms with Gasteiger partial charge in [-0.05, 0) is 24.6 Å². The first-order valence-corrected chi connectivity index (χ1v) is 4.21. The first-order chi connectivity index (χ1) is 6.88. The number of anilines is 1. The lowest BCUT2D eigenvalue weighted by Gasteiger charge is -2.07. The fourth-order valence-electron chi connectivity index (χ4n) is 1.50. The number of nitrogens with zero attached hydrogens (tertiary/aromatic N) is 1. The van der Waals surface area contributed by atoms with Crippen molar-refractivity contribution in [2.45, 2.75) is 13.1 Å². The van der Waals surface area contributed by atoms with E-state index in [-0.39, 0.29) is 11.5 Å². The molecule has 2 rings (SSSR count). The van der Waals surface area contributed by atoms with E-state index in [1.54, 1.807) is 13.0 Å². The van der Waals surface area contributed by atoms with Gasteiger partial charge in [-0.1, -0.05) is 0 Å². The van der Waals surface area contributed by atoms with E-state index in [0.717, 1.165) is 6.07 Å². The topological polar surface area (TPSA) is 54.7 Å². The molecular weight excluding hydrogens is 207 g/mol. The molecule has 0 spiro atoms. The molecule has 0 atom stereocenters. The Labute approximate surface area is 83.1 Å². The fraction of sp³-hybridized carbons (Fsp3) is 0.222. The van der Waals surface area contributed by atoms with Gasteiger partial charge in [-0.3, -0.25) is 0 Å². The lowest BCUT2D eigenvalue weighted by molar-refractivity contribution is -0.136. The van der Waals surface area contributed by atoms with Gasteiger partial charge in [0, 0.05) is 0 Å². The minimum absolute atomic E-state index is 0.0129. The van der Waals surface area contributed by atoms with E-state index in [1.807, 2.05) is 0 Å². The van der Waals surface area contributed by atoms with Crippen LogP contribution in [0.15, 0.2) is 12.1 Å². The lowest BCUT2D eigenvalue weighted by atomic mass is 10.1. The number of nitrogens with two attached hydrogens (primary N) is 1. The summed E-state index contributed by atoms with van der Waals surface area (Å²) < 4.78 is 37.8. The molecule has 0 amide bonds. The molecule has 1 aromatic carbocycles. The summed E-state index contributed by atoms with van der Waals surface area (Å²) in [6, 6.07) is 2.64. The Kier molecular flexibility index (Phi) is 1.89. The number of hydrogen-bond acceptors (Lipinski definition) is 2. The molecule has 0 fully saturated rings. The number of benzene rings is 1. The second kappa shape index (κ2) is 2.88. The standard InChI is InChI=1S/C9H8F3N3/c1-4-2-5(9(10,11)12)7-6(3-4)14-8(13)15-7/h2-3H,1H3,(H3,13,14,15). The van der Waals surface area contributed by atoms with Crippen LogP contribution >= 0.6 is 0 Å². The van der Waals surface area contributed by atoms with Crippen LogP contribution in [0.2, 0.25) is 0 Å². The average Bonchev–Trinajstić information content (AvgIpc) is 2.41. The van der Waals surface area contributed by atoms with Crippen LogP contribution in [0.4, 0.5) is 19.1 Å². The smallest absolute Gasteiger partial charge is 0.369 e. The molecule has 0 bridgehead atoms. The molecule has 1 heterocycles. The van der Waals surface area contributed by atoms with E-state index >= 15 is 0 Å². The summed E-state index contributed by atoms with van der Waals surface area (Å²) in [4.78, 5) is 6.20. The number of nitrogens with one attached hydrogen (secondary N) is 1. The fourth-order valence-corrected chi connectivity index (χ4v) is 1.50. The van der Waals surface area contributed by atoms with Crippen molar-refractivity contribution in [3.8, 4) is 0 Å². The van der Waals surface area contributed by atoms with Crippen molar-refractivity contribution >= 4 is 17.0 Å². The molecule has 0 saturated carbocycles. The number of alkyl halides is 3. The molecule has 0 aliphatic heterocycles. The molecule has 0 radical (unpaired) electrons. The van der Waals surface area contributed by atoms with E-state index in [1.165, 1.54) is 0 Å². The van der Waals surface area contributed by atoms with Gasteiger partial charge in [0.15, 0.2) is 5.95 Å². The molecule has 6 heteroatoms. The molecule has 0 aliphatic carbocycles. The van der Waals surface area contributed by atoms with E-state index in [4.69, 9.17) is 5.73 Å². The van der Waals surface area contributed by atoms with Crippen LogP contribution in [-0.2, 0) is 6.18 Å². The SMILES string of the molecule is Cc1cc(C(F)(F)F)c2nc(N)[nH]c2c1. The van der Waals surface area contributed by atoms with Gasteiger partial charge in [-0.2, -0.15) is 13.2 Å². The molecule has 0 saturated heterocycles. The number of aryl methyl sites for hydroxylation is 1. The summed E-state index contributed by atoms with van der Waals surface area (Å²) in [7, 11) is 0. The van der Waals surface area contributed by atoms with E-state index in [0.29, 0.717) is 11.1 Å². The van der Waals surface area contributed by atoms with E-state index in [2.05, 4.69) is 9.97 Å². The number of nitrogen functional groups attached to an aromatic ring is 1. The number of rotatable bonds is 0. The highest BCUT2D eigenvalue weighted by Gasteiger charge is 2.34. The zero-order chi connectivity index (χ0) is 11.2. The highest BCUT2D eigenvalue weighted by molar-refractivity contribution is 5.82. The van der Waals surface area contributed by atoms with Crippen LogP contribution in [0.1, 0.15) is 11.1 Å². The highest BCUT2D eigenvalue weighted by atomic mass is 19.4. The molecule has 3 nitrogen and oxygen atoms in total. The molecule has 3 N–H and O–H groups in total. The Hall–Kier alpha value is -1.72. The number of H-pyrrole nitrogens is 1. The van der Waals surface area contributed by atoms with Gasteiger partial charge in [-0.25, -0.2) is 4.98 Å². The maximum atomic E-state index is 12.6. The summed E-state index contributed by atoms with van der Waals surface area (Å²) in [5.74, 6) is -0.0129. The average molecular weight is 215 g/mol. The predicted molar refractivity (Wildman–Crippen MR) is 50.2 cm³/mol. The van der Waals surface area contributed by atoms with Gasteiger partial charge in [-0.15, -0.1) is 0 Å². The summed E-state index contributed by atoms with van der Waals surface area (Å²) in [5, 5.41) is 0. The van der Waals surface area contributed by atoms with Crippen LogP contribution in [0.5, 0.6) is 0 Å². The normalized spacial score (nSPS) is 12.3. The van der Waals surface area contributed by atoms with Gasteiger partial charge in [0.1, 0.15) is 5.52 Å². The largest absolute Gasteiger partial charge is 0.418 e. The molecular formula is C9H8F3N3. The molecule has 0 aliphatic rings. The van der Waals surface area contributed by atoms with Gasteiger partial charge in [0.2, 0.25) is 0 Å². The summed E-state index contributed by atoms with van der Waals surface area (Å²) >= 11 is 0. The van der Waals surface area contributed by atoms with Crippen molar-refractivity contribution in [2.75, 3.05) is 5.73 Å². The Bertz CT molecular complexity index is 513. The summed E-state index contributed by atoms with van der Waals surface area (Å²) in [6.45, 7) is 1.59. The third-order valence-electron chi connectivity index (χ3n) is 2.05. The van der Waals surface area contributed by atoms with Crippen molar-refractivity contribution in [3.63, 3.8) is 0 Å². The Morgan fingerprint density at radius 2 is 2.00 bits per heavy atom. The van der Waals surface area contributed by atoms with Crippen LogP contribution in [0.3, 0.4) is 0 Å². The number of imidazole rings is 1. The van der Waals surface area contributed by atoms with Crippen molar-refractivity contribution in [2.24, 2.45) is 0 Å². The zero-order valence-corrected chi connectivity index (χ0v) is 7.81. The Morgan fingerprint density at radius 1 is 1.33 bits per heavy atom. The van der Waals surface area contributed by atoms with Gasteiger partial charge in [0.05, 0.1) is 11.1 Å². The molecule has 15 heavy (non-hydrogen) atoms. The first-order valence-electron chi connectivity index (χ1n) is 4.21. The van der Waals surface area contributed by atoms with Gasteiger partial charge < -0.3 is 10.7 Å². The van der Waals surface area contributed by atoms with E-state index < -0.39 is 11.7 Å². The minimum Gasteiger partial charge on any atom is -0.369 e. The number of aromatic nitrogens is 2. The molecule has 2 aromatic rings. The lowest BCUT2D eigenvalue weighted by Crippen LogP contribution is -2.06. The van der Waals surface area contributed by atoms with Crippen LogP contribution in [-0.4, -0.2) is 9.97 Å². The van der Waals surface area contributed by atoms with Crippen molar-refractivity contribution < 1.29 is 13.2 Å². The first kappa shape index (κ1) is 9.82. The van der Waals surface area contributed by atoms with E-state index in [9.17, 15) is 13.2 Å². The third-order valence-corrected chi connectivity index (χ3v) is 2.05. The number of halogens is 3. The van der Waals surface area contributed by atoms with Gasteiger partial charge in [0.25, 0.3) is 0 Å². The molecule has 0 unspecified atom stereocenters. The van der Waals surface area contributed by atoms with Crippen molar-refractivity contribution in [3.05, 3.63) is 23.3 Å². The van der Waals surface area contributed by atoms with Crippen LogP contribution in [0.25, 0.3) is 11.0 Å². The van der Waals surface area contributed by atoms with Crippen LogP contribution in [0, 0.1) is 6.92 Å². The summed E-state index contributed by atoms with van der Waals surface area (Å²) in [5.41, 5.74) is 5.24. The second-order valence-electron chi connectivity index (χ2n) is 3.33. The van der Waals surface area contributed by atoms with Crippen LogP contribution < -0.4 is 5.73 Å². The molecule has 80 valence electrons. The predicted octanol–water partition coefficient (Wildman–Crippen LogP) is 2.47. The Balaban J connectivity index is 2.82. The maximum Gasteiger partial charge on any atom is 0.418 e. The number of fused-ring (bicyclic) bond motifs is 1. The highest BCUT2D eigenvalue weighted by Crippen LogP contribution is 2.34. The second-order valence-corrected chi connectivity index (χ2v) is 3.33. The minimum atomic E-state index is -4.41. The zero-order valence-electron chi connectivity index (χ0n) is 7.81. The Morgan fingerprint density at radius 3 is 2.60 bits per heavy atom. The van der Waals surface area contributed by atoms with Gasteiger partial charge >= 0.3 is 6.18 Å². The quantitative estimate of drug-likeness (QED) is 0.709. The summed E-state index contributed by atoms with van der Waals surface area (Å²) in [6.07, 6.45) is -4.41. The number of hydrogen-bond donors (Lipinski definition) is 2. The third kappa shape index (κ3) is 1.62. The monoisotopic (exact) mass is 215 g/mol. The maximum absolute atomic E-state index is 12.6. The molecule has 1 aromatic heterocycles.